The van der Waals surface area contributed by atoms with E-state index in [1.54, 1.807) is 0 Å². The fourth-order valence-corrected chi connectivity index (χ4v) is 2.22. The number of carboxylic acids is 1. The van der Waals surface area contributed by atoms with Crippen LogP contribution < -0.4 is 0 Å². The molecule has 3 nitrogen and oxygen atoms in total. The van der Waals surface area contributed by atoms with Crippen LogP contribution >= 0.6 is 0 Å². The lowest BCUT2D eigenvalue weighted by atomic mass is 9.96. The molecule has 0 atom stereocenters. The van der Waals surface area contributed by atoms with Crippen LogP contribution in [0.1, 0.15) is 44.9 Å². The van der Waals surface area contributed by atoms with E-state index in [9.17, 15) is 4.79 Å². The first kappa shape index (κ1) is 11.5. The molecule has 0 heterocycles. The Bertz CT molecular complexity index is 174. The van der Waals surface area contributed by atoms with Crippen molar-refractivity contribution in [1.29, 1.82) is 0 Å². The fourth-order valence-electron chi connectivity index (χ4n) is 2.22. The molecule has 0 saturated heterocycles. The van der Waals surface area contributed by atoms with Gasteiger partial charge in [-0.25, -0.2) is 0 Å². The molecular formula is C11H21NO2. The summed E-state index contributed by atoms with van der Waals surface area (Å²) >= 11 is 0. The van der Waals surface area contributed by atoms with E-state index in [1.807, 2.05) is 11.9 Å². The molecule has 0 radical (unpaired) electrons. The van der Waals surface area contributed by atoms with Gasteiger partial charge in [-0.2, -0.15) is 0 Å². The summed E-state index contributed by atoms with van der Waals surface area (Å²) in [5.74, 6) is -0.713. The Labute approximate surface area is 86.1 Å². The molecule has 1 fully saturated rings. The molecule has 1 aliphatic carbocycles. The van der Waals surface area contributed by atoms with E-state index >= 15 is 0 Å². The SMILES string of the molecule is CN(CC(=O)O)C1CCCCCCC1. The molecular weight excluding hydrogens is 178 g/mol. The highest BCUT2D eigenvalue weighted by molar-refractivity contribution is 5.69. The van der Waals surface area contributed by atoms with Crippen molar-refractivity contribution in [3.8, 4) is 0 Å². The molecule has 0 amide bonds. The predicted molar refractivity (Wildman–Crippen MR) is 56.4 cm³/mol. The largest absolute Gasteiger partial charge is 0.480 e. The molecule has 0 aliphatic heterocycles. The molecule has 0 bridgehead atoms. The molecule has 1 saturated carbocycles. The van der Waals surface area contributed by atoms with E-state index in [4.69, 9.17) is 5.11 Å². The lowest BCUT2D eigenvalue weighted by Crippen LogP contribution is -2.36. The fraction of sp³-hybridized carbons (Fsp3) is 0.909. The third-order valence-corrected chi connectivity index (χ3v) is 3.08. The predicted octanol–water partition coefficient (Wildman–Crippen LogP) is 2.12. The van der Waals surface area contributed by atoms with E-state index in [0.717, 1.165) is 0 Å². The number of hydrogen-bond donors (Lipinski definition) is 1. The molecule has 3 heteroatoms. The highest BCUT2D eigenvalue weighted by Gasteiger charge is 2.17. The van der Waals surface area contributed by atoms with Crippen LogP contribution in [0.25, 0.3) is 0 Å². The number of hydrogen-bond acceptors (Lipinski definition) is 2. The molecule has 0 spiro atoms. The Kier molecular flexibility index (Phi) is 4.94. The van der Waals surface area contributed by atoms with Crippen LogP contribution in [0.2, 0.25) is 0 Å². The van der Waals surface area contributed by atoms with Gasteiger partial charge in [0.1, 0.15) is 0 Å². The van der Waals surface area contributed by atoms with Crippen LogP contribution in [0.3, 0.4) is 0 Å². The summed E-state index contributed by atoms with van der Waals surface area (Å²) in [6, 6.07) is 0.492. The van der Waals surface area contributed by atoms with Gasteiger partial charge in [0.2, 0.25) is 0 Å². The number of likely N-dealkylation sites (N-methyl/N-ethyl adjacent to an activating group) is 1. The van der Waals surface area contributed by atoms with E-state index in [2.05, 4.69) is 0 Å². The van der Waals surface area contributed by atoms with Crippen LogP contribution in [0.4, 0.5) is 0 Å². The molecule has 0 aromatic carbocycles. The third kappa shape index (κ3) is 4.09. The molecule has 14 heavy (non-hydrogen) atoms. The second kappa shape index (κ2) is 6.02. The Morgan fingerprint density at radius 2 is 1.71 bits per heavy atom. The number of aliphatic carboxylic acids is 1. The van der Waals surface area contributed by atoms with Gasteiger partial charge in [0.15, 0.2) is 0 Å². The van der Waals surface area contributed by atoms with Gasteiger partial charge in [0, 0.05) is 6.04 Å². The number of carboxylic acid groups (broad SMARTS) is 1. The van der Waals surface area contributed by atoms with Crippen molar-refractivity contribution in [2.45, 2.75) is 51.0 Å². The monoisotopic (exact) mass is 199 g/mol. The highest BCUT2D eigenvalue weighted by atomic mass is 16.4. The third-order valence-electron chi connectivity index (χ3n) is 3.08. The van der Waals surface area contributed by atoms with Crippen molar-refractivity contribution in [1.82, 2.24) is 4.90 Å². The number of rotatable bonds is 3. The summed E-state index contributed by atoms with van der Waals surface area (Å²) in [5.41, 5.74) is 0. The van der Waals surface area contributed by atoms with Crippen molar-refractivity contribution >= 4 is 5.97 Å². The zero-order valence-corrected chi connectivity index (χ0v) is 9.04. The summed E-state index contributed by atoms with van der Waals surface area (Å²) in [6.07, 6.45) is 8.85. The first-order chi connectivity index (χ1) is 6.70. The van der Waals surface area contributed by atoms with Gasteiger partial charge >= 0.3 is 5.97 Å². The Balaban J connectivity index is 2.34. The van der Waals surface area contributed by atoms with Gasteiger partial charge in [0.05, 0.1) is 6.54 Å². The lowest BCUT2D eigenvalue weighted by Gasteiger charge is -2.28. The molecule has 0 aromatic rings. The second-order valence-corrected chi connectivity index (χ2v) is 4.31. The van der Waals surface area contributed by atoms with Gasteiger partial charge in [0.25, 0.3) is 0 Å². The minimum absolute atomic E-state index is 0.185. The Morgan fingerprint density at radius 3 is 2.21 bits per heavy atom. The van der Waals surface area contributed by atoms with Crippen molar-refractivity contribution < 1.29 is 9.90 Å². The maximum Gasteiger partial charge on any atom is 0.317 e. The zero-order chi connectivity index (χ0) is 10.4. The van der Waals surface area contributed by atoms with Crippen LogP contribution in [0.5, 0.6) is 0 Å². The lowest BCUT2D eigenvalue weighted by molar-refractivity contribution is -0.138. The quantitative estimate of drug-likeness (QED) is 0.757. The summed E-state index contributed by atoms with van der Waals surface area (Å²) in [6.45, 7) is 0.185. The molecule has 82 valence electrons. The first-order valence-electron chi connectivity index (χ1n) is 5.62. The minimum Gasteiger partial charge on any atom is -0.480 e. The topological polar surface area (TPSA) is 40.5 Å². The van der Waals surface area contributed by atoms with Gasteiger partial charge < -0.3 is 5.11 Å². The highest BCUT2D eigenvalue weighted by Crippen LogP contribution is 2.20. The van der Waals surface area contributed by atoms with Gasteiger partial charge in [-0.05, 0) is 19.9 Å². The van der Waals surface area contributed by atoms with E-state index in [-0.39, 0.29) is 6.54 Å². The van der Waals surface area contributed by atoms with E-state index < -0.39 is 5.97 Å². The molecule has 1 aliphatic rings. The molecule has 1 N–H and O–H groups in total. The number of carbonyl (C=O) groups is 1. The summed E-state index contributed by atoms with van der Waals surface area (Å²) in [7, 11) is 1.93. The average Bonchev–Trinajstić information content (AvgIpc) is 2.00. The van der Waals surface area contributed by atoms with Crippen molar-refractivity contribution in [2.75, 3.05) is 13.6 Å². The Morgan fingerprint density at radius 1 is 1.21 bits per heavy atom. The summed E-state index contributed by atoms with van der Waals surface area (Å²) < 4.78 is 0. The van der Waals surface area contributed by atoms with Gasteiger partial charge in [-0.15, -0.1) is 0 Å². The maximum absolute atomic E-state index is 10.6. The minimum atomic E-state index is -0.713. The number of nitrogens with zero attached hydrogens (tertiary/aromatic N) is 1. The second-order valence-electron chi connectivity index (χ2n) is 4.31. The molecule has 1 rings (SSSR count). The molecule has 0 aromatic heterocycles. The van der Waals surface area contributed by atoms with Crippen LogP contribution in [-0.4, -0.2) is 35.6 Å². The first-order valence-corrected chi connectivity index (χ1v) is 5.62. The average molecular weight is 199 g/mol. The van der Waals surface area contributed by atoms with Crippen molar-refractivity contribution in [2.24, 2.45) is 0 Å². The normalized spacial score (nSPS) is 20.4. The van der Waals surface area contributed by atoms with Crippen LogP contribution in [0.15, 0.2) is 0 Å². The van der Waals surface area contributed by atoms with E-state index in [1.165, 1.54) is 44.9 Å². The van der Waals surface area contributed by atoms with Gasteiger partial charge in [-0.1, -0.05) is 32.1 Å². The summed E-state index contributed by atoms with van der Waals surface area (Å²) in [4.78, 5) is 12.6. The standard InChI is InChI=1S/C11H21NO2/c1-12(9-11(13)14)10-7-5-3-2-4-6-8-10/h10H,2-9H2,1H3,(H,13,14). The van der Waals surface area contributed by atoms with Crippen LogP contribution in [0, 0.1) is 0 Å². The van der Waals surface area contributed by atoms with Crippen LogP contribution in [-0.2, 0) is 4.79 Å². The van der Waals surface area contributed by atoms with Crippen molar-refractivity contribution in [3.05, 3.63) is 0 Å². The van der Waals surface area contributed by atoms with E-state index in [0.29, 0.717) is 6.04 Å². The molecule has 0 unspecified atom stereocenters. The smallest absolute Gasteiger partial charge is 0.317 e. The summed E-state index contributed by atoms with van der Waals surface area (Å²) in [5, 5.41) is 8.70. The van der Waals surface area contributed by atoms with Crippen molar-refractivity contribution in [3.63, 3.8) is 0 Å². The van der Waals surface area contributed by atoms with Gasteiger partial charge in [-0.3, -0.25) is 9.69 Å². The zero-order valence-electron chi connectivity index (χ0n) is 9.04. The maximum atomic E-state index is 10.6. The Hall–Kier alpha value is -0.570.